The summed E-state index contributed by atoms with van der Waals surface area (Å²) in [5, 5.41) is 0. The Morgan fingerprint density at radius 3 is 1.67 bits per heavy atom. The molecule has 92 valence electrons. The predicted octanol–water partition coefficient (Wildman–Crippen LogP) is 2.26. The lowest BCUT2D eigenvalue weighted by Gasteiger charge is -2.31. The van der Waals surface area contributed by atoms with Crippen LogP contribution >= 0.6 is 0 Å². The van der Waals surface area contributed by atoms with Crippen molar-refractivity contribution in [2.24, 2.45) is 5.41 Å². The van der Waals surface area contributed by atoms with E-state index in [4.69, 9.17) is 4.74 Å². The quantitative estimate of drug-likeness (QED) is 0.755. The summed E-state index contributed by atoms with van der Waals surface area (Å²) in [4.78, 5) is 0. The monoisotopic (exact) mass is 236 g/mol. The van der Waals surface area contributed by atoms with Gasteiger partial charge >= 0.3 is 0 Å². The lowest BCUT2D eigenvalue weighted by Crippen LogP contribution is -2.41. The minimum absolute atomic E-state index is 0.0799. The first-order valence-corrected chi connectivity index (χ1v) is 6.82. The Kier molecular flexibility index (Phi) is 4.39. The van der Waals surface area contributed by atoms with Crippen molar-refractivity contribution in [3.63, 3.8) is 0 Å². The summed E-state index contributed by atoms with van der Waals surface area (Å²) in [5.41, 5.74) is -0.160. The second-order valence-corrected chi connectivity index (χ2v) is 8.77. The van der Waals surface area contributed by atoms with E-state index in [1.807, 2.05) is 20.8 Å². The molecule has 0 rings (SSSR count). The van der Waals surface area contributed by atoms with E-state index in [-0.39, 0.29) is 17.3 Å². The molecule has 0 unspecified atom stereocenters. The van der Waals surface area contributed by atoms with Gasteiger partial charge in [-0.05, 0) is 26.2 Å². The summed E-state index contributed by atoms with van der Waals surface area (Å²) >= 11 is 0. The molecule has 0 aliphatic rings. The van der Waals surface area contributed by atoms with Crippen molar-refractivity contribution in [3.05, 3.63) is 0 Å². The first kappa shape index (κ1) is 14.9. The van der Waals surface area contributed by atoms with E-state index in [0.717, 1.165) is 0 Å². The molecule has 0 fully saturated rings. The molecule has 0 spiro atoms. The van der Waals surface area contributed by atoms with Gasteiger partial charge in [-0.25, -0.2) is 8.42 Å². The molecule has 0 aromatic carbocycles. The van der Waals surface area contributed by atoms with Crippen LogP contribution < -0.4 is 0 Å². The first-order valence-electron chi connectivity index (χ1n) is 5.17. The minimum Gasteiger partial charge on any atom is -0.380 e. The van der Waals surface area contributed by atoms with Gasteiger partial charge in [-0.3, -0.25) is 0 Å². The molecule has 0 aromatic heterocycles. The summed E-state index contributed by atoms with van der Waals surface area (Å²) in [5.74, 6) is 0.0799. The van der Waals surface area contributed by atoms with Crippen LogP contribution in [0.2, 0.25) is 0 Å². The summed E-state index contributed by atoms with van der Waals surface area (Å²) in [6.07, 6.45) is -0.262. The molecular weight excluding hydrogens is 212 g/mol. The zero-order valence-corrected chi connectivity index (χ0v) is 11.7. The molecule has 0 amide bonds. The second kappa shape index (κ2) is 4.42. The number of hydrogen-bond acceptors (Lipinski definition) is 3. The summed E-state index contributed by atoms with van der Waals surface area (Å²) < 4.78 is 28.5. The number of hydrogen-bond donors (Lipinski definition) is 0. The molecule has 0 aliphatic carbocycles. The Labute approximate surface area is 94.1 Å². The number of methoxy groups -OCH3 is 1. The van der Waals surface area contributed by atoms with Gasteiger partial charge in [0.05, 0.1) is 16.6 Å². The first-order chi connectivity index (χ1) is 6.42. The van der Waals surface area contributed by atoms with Crippen LogP contribution in [0, 0.1) is 5.41 Å². The Morgan fingerprint density at radius 2 is 1.47 bits per heavy atom. The standard InChI is InChI=1S/C11H24O3S/c1-10(2,3)9(14-7)8-15(12,13)11(4,5)6/h9H,8H2,1-7H3/t9-/m0/s1. The van der Waals surface area contributed by atoms with Gasteiger partial charge in [-0.1, -0.05) is 20.8 Å². The fourth-order valence-electron chi connectivity index (χ4n) is 1.12. The normalized spacial score (nSPS) is 16.5. The van der Waals surface area contributed by atoms with Gasteiger partial charge in [0.15, 0.2) is 9.84 Å². The van der Waals surface area contributed by atoms with Crippen LogP contribution in [0.1, 0.15) is 41.5 Å². The van der Waals surface area contributed by atoms with Crippen molar-refractivity contribution in [1.29, 1.82) is 0 Å². The molecule has 0 saturated heterocycles. The lowest BCUT2D eigenvalue weighted by molar-refractivity contribution is 0.0335. The van der Waals surface area contributed by atoms with Crippen molar-refractivity contribution in [2.75, 3.05) is 12.9 Å². The highest BCUT2D eigenvalue weighted by molar-refractivity contribution is 7.92. The van der Waals surface area contributed by atoms with Gasteiger partial charge in [0.1, 0.15) is 0 Å². The zero-order chi connectivity index (χ0) is 12.5. The summed E-state index contributed by atoms with van der Waals surface area (Å²) in [6, 6.07) is 0. The van der Waals surface area contributed by atoms with Crippen molar-refractivity contribution >= 4 is 9.84 Å². The van der Waals surface area contributed by atoms with Crippen LogP contribution in [0.3, 0.4) is 0 Å². The van der Waals surface area contributed by atoms with Gasteiger partial charge in [0.25, 0.3) is 0 Å². The maximum Gasteiger partial charge on any atom is 0.157 e. The lowest BCUT2D eigenvalue weighted by atomic mass is 9.90. The molecule has 0 radical (unpaired) electrons. The van der Waals surface area contributed by atoms with Crippen molar-refractivity contribution < 1.29 is 13.2 Å². The van der Waals surface area contributed by atoms with Crippen molar-refractivity contribution in [3.8, 4) is 0 Å². The van der Waals surface area contributed by atoms with Crippen LogP contribution in [0.25, 0.3) is 0 Å². The summed E-state index contributed by atoms with van der Waals surface area (Å²) in [7, 11) is -1.55. The highest BCUT2D eigenvalue weighted by Crippen LogP contribution is 2.26. The maximum absolute atomic E-state index is 12.0. The van der Waals surface area contributed by atoms with Gasteiger partial charge < -0.3 is 4.74 Å². The molecule has 15 heavy (non-hydrogen) atoms. The SMILES string of the molecule is CO[C@@H](CS(=O)(=O)C(C)(C)C)C(C)(C)C. The third-order valence-corrected chi connectivity index (χ3v) is 5.16. The molecule has 0 saturated carbocycles. The molecule has 1 atom stereocenters. The Bertz CT molecular complexity index is 291. The Morgan fingerprint density at radius 1 is 1.07 bits per heavy atom. The van der Waals surface area contributed by atoms with E-state index in [0.29, 0.717) is 0 Å². The van der Waals surface area contributed by atoms with Gasteiger partial charge in [0, 0.05) is 7.11 Å². The van der Waals surface area contributed by atoms with E-state index < -0.39 is 14.6 Å². The molecule has 0 bridgehead atoms. The van der Waals surface area contributed by atoms with Crippen LogP contribution in [-0.2, 0) is 14.6 Å². The second-order valence-electron chi connectivity index (χ2n) is 5.98. The van der Waals surface area contributed by atoms with Gasteiger partial charge in [-0.2, -0.15) is 0 Å². The fraction of sp³-hybridized carbons (Fsp3) is 1.00. The van der Waals surface area contributed by atoms with Crippen LogP contribution in [0.15, 0.2) is 0 Å². The molecule has 3 nitrogen and oxygen atoms in total. The number of sulfone groups is 1. The summed E-state index contributed by atoms with van der Waals surface area (Å²) in [6.45, 7) is 11.1. The molecular formula is C11H24O3S. The number of ether oxygens (including phenoxy) is 1. The smallest absolute Gasteiger partial charge is 0.157 e. The molecule has 4 heteroatoms. The van der Waals surface area contributed by atoms with Gasteiger partial charge in [0.2, 0.25) is 0 Å². The van der Waals surface area contributed by atoms with Crippen LogP contribution in [0.5, 0.6) is 0 Å². The molecule has 0 aliphatic heterocycles. The average molecular weight is 236 g/mol. The largest absolute Gasteiger partial charge is 0.380 e. The van der Waals surface area contributed by atoms with E-state index in [9.17, 15) is 8.42 Å². The third-order valence-electron chi connectivity index (χ3n) is 2.55. The highest BCUT2D eigenvalue weighted by Gasteiger charge is 2.36. The fourth-order valence-corrected chi connectivity index (χ4v) is 2.66. The van der Waals surface area contributed by atoms with E-state index in [1.54, 1.807) is 27.9 Å². The Hall–Kier alpha value is -0.0900. The molecule has 0 N–H and O–H groups in total. The van der Waals surface area contributed by atoms with E-state index >= 15 is 0 Å². The third kappa shape index (κ3) is 4.11. The van der Waals surface area contributed by atoms with Gasteiger partial charge in [-0.15, -0.1) is 0 Å². The average Bonchev–Trinajstić information content (AvgIpc) is 1.95. The van der Waals surface area contributed by atoms with E-state index in [2.05, 4.69) is 0 Å². The van der Waals surface area contributed by atoms with Crippen molar-refractivity contribution in [2.45, 2.75) is 52.4 Å². The van der Waals surface area contributed by atoms with Crippen LogP contribution in [0.4, 0.5) is 0 Å². The van der Waals surface area contributed by atoms with E-state index in [1.165, 1.54) is 0 Å². The van der Waals surface area contributed by atoms with Crippen LogP contribution in [-0.4, -0.2) is 32.1 Å². The topological polar surface area (TPSA) is 43.4 Å². The predicted molar refractivity (Wildman–Crippen MR) is 63.8 cm³/mol. The zero-order valence-electron chi connectivity index (χ0n) is 10.9. The maximum atomic E-state index is 12.0. The Balaban J connectivity index is 4.88. The minimum atomic E-state index is -3.12. The number of rotatable bonds is 3. The molecule has 0 heterocycles. The highest BCUT2D eigenvalue weighted by atomic mass is 32.2. The molecule has 0 aromatic rings. The van der Waals surface area contributed by atoms with Crippen molar-refractivity contribution in [1.82, 2.24) is 0 Å².